The molecule has 4 nitrogen and oxygen atoms in total. The van der Waals surface area contributed by atoms with Gasteiger partial charge in [0.15, 0.2) is 0 Å². The first-order valence-electron chi connectivity index (χ1n) is 7.29. The van der Waals surface area contributed by atoms with Crippen LogP contribution in [-0.2, 0) is 0 Å². The van der Waals surface area contributed by atoms with Crippen molar-refractivity contribution < 1.29 is 15.0 Å². The van der Waals surface area contributed by atoms with Gasteiger partial charge >= 0.3 is 0 Å². The van der Waals surface area contributed by atoms with Gasteiger partial charge in [-0.3, -0.25) is 4.79 Å². The summed E-state index contributed by atoms with van der Waals surface area (Å²) in [6.45, 7) is 3.22. The van der Waals surface area contributed by atoms with Crippen LogP contribution in [0.25, 0.3) is 0 Å². The van der Waals surface area contributed by atoms with Crippen molar-refractivity contribution in [2.24, 2.45) is 5.92 Å². The Morgan fingerprint density at radius 2 is 2.10 bits per heavy atom. The van der Waals surface area contributed by atoms with Gasteiger partial charge in [-0.15, -0.1) is 0 Å². The van der Waals surface area contributed by atoms with Gasteiger partial charge in [-0.1, -0.05) is 18.8 Å². The highest BCUT2D eigenvalue weighted by Gasteiger charge is 2.27. The number of aliphatic hydroxyl groups is 2. The van der Waals surface area contributed by atoms with Gasteiger partial charge in [0.2, 0.25) is 0 Å². The summed E-state index contributed by atoms with van der Waals surface area (Å²) >= 11 is 0. The van der Waals surface area contributed by atoms with E-state index in [1.54, 1.807) is 17.0 Å². The second-order valence-electron chi connectivity index (χ2n) is 5.44. The number of rotatable bonds is 2. The van der Waals surface area contributed by atoms with Crippen LogP contribution >= 0.6 is 0 Å². The lowest BCUT2D eigenvalue weighted by Gasteiger charge is -2.34. The summed E-state index contributed by atoms with van der Waals surface area (Å²) in [6, 6.07) is 7.20. The van der Waals surface area contributed by atoms with Crippen LogP contribution in [0.3, 0.4) is 0 Å². The highest BCUT2D eigenvalue weighted by Crippen LogP contribution is 2.18. The summed E-state index contributed by atoms with van der Waals surface area (Å²) in [7, 11) is 0. The molecule has 0 aliphatic carbocycles. The zero-order valence-electron chi connectivity index (χ0n) is 12.2. The summed E-state index contributed by atoms with van der Waals surface area (Å²) in [5, 5.41) is 18.4. The molecule has 2 unspecified atom stereocenters. The summed E-state index contributed by atoms with van der Waals surface area (Å²) in [5.41, 5.74) is 1.48. The average molecular weight is 287 g/mol. The van der Waals surface area contributed by atoms with Crippen molar-refractivity contribution in [3.63, 3.8) is 0 Å². The van der Waals surface area contributed by atoms with Crippen molar-refractivity contribution >= 4 is 5.91 Å². The van der Waals surface area contributed by atoms with Crippen molar-refractivity contribution in [2.45, 2.75) is 25.9 Å². The largest absolute Gasteiger partial charge is 0.395 e. The Hall–Kier alpha value is -1.83. The normalized spacial score (nSPS) is 21.6. The van der Waals surface area contributed by atoms with Gasteiger partial charge in [-0.25, -0.2) is 0 Å². The van der Waals surface area contributed by atoms with E-state index in [4.69, 9.17) is 5.11 Å². The van der Waals surface area contributed by atoms with E-state index in [1.165, 1.54) is 0 Å². The molecule has 1 aliphatic rings. The van der Waals surface area contributed by atoms with Gasteiger partial charge in [-0.2, -0.15) is 0 Å². The van der Waals surface area contributed by atoms with Crippen LogP contribution in [0, 0.1) is 17.8 Å². The van der Waals surface area contributed by atoms with Gasteiger partial charge in [-0.05, 0) is 36.6 Å². The molecule has 1 aliphatic heterocycles. The highest BCUT2D eigenvalue weighted by molar-refractivity contribution is 5.94. The van der Waals surface area contributed by atoms with Crippen molar-refractivity contribution in [1.29, 1.82) is 0 Å². The summed E-state index contributed by atoms with van der Waals surface area (Å²) in [5.74, 6) is 5.91. The summed E-state index contributed by atoms with van der Waals surface area (Å²) in [6.07, 6.45) is 0.782. The van der Waals surface area contributed by atoms with E-state index in [-0.39, 0.29) is 24.5 Å². The van der Waals surface area contributed by atoms with Crippen LogP contribution in [-0.4, -0.2) is 46.8 Å². The van der Waals surface area contributed by atoms with Gasteiger partial charge in [0.25, 0.3) is 5.91 Å². The fourth-order valence-corrected chi connectivity index (χ4v) is 2.42. The van der Waals surface area contributed by atoms with Gasteiger partial charge in [0.05, 0.1) is 12.7 Å². The molecule has 2 N–H and O–H groups in total. The molecule has 0 radical (unpaired) electrons. The van der Waals surface area contributed by atoms with Gasteiger partial charge < -0.3 is 15.1 Å². The molecule has 4 heteroatoms. The Labute approximate surface area is 125 Å². The molecular weight excluding hydrogens is 266 g/mol. The van der Waals surface area contributed by atoms with E-state index in [1.807, 2.05) is 19.1 Å². The fraction of sp³-hybridized carbons (Fsp3) is 0.471. The Kier molecular flexibility index (Phi) is 5.38. The number of benzene rings is 1. The van der Waals surface area contributed by atoms with Gasteiger partial charge in [0, 0.05) is 30.6 Å². The first-order chi connectivity index (χ1) is 10.1. The van der Waals surface area contributed by atoms with E-state index >= 15 is 0 Å². The van der Waals surface area contributed by atoms with E-state index in [9.17, 15) is 9.90 Å². The molecule has 0 spiro atoms. The number of aliphatic hydroxyl groups excluding tert-OH is 2. The third kappa shape index (κ3) is 4.07. The second-order valence-corrected chi connectivity index (χ2v) is 5.44. The average Bonchev–Trinajstić information content (AvgIpc) is 2.50. The molecule has 21 heavy (non-hydrogen) atoms. The predicted octanol–water partition coefficient (Wildman–Crippen LogP) is 1.26. The van der Waals surface area contributed by atoms with E-state index in [0.29, 0.717) is 31.5 Å². The maximum atomic E-state index is 12.4. The first kappa shape index (κ1) is 15.6. The molecule has 1 fully saturated rings. The predicted molar refractivity (Wildman–Crippen MR) is 80.7 cm³/mol. The van der Waals surface area contributed by atoms with E-state index < -0.39 is 0 Å². The number of likely N-dealkylation sites (tertiary alicyclic amines) is 1. The van der Waals surface area contributed by atoms with Crippen LogP contribution in [0.5, 0.6) is 0 Å². The zero-order valence-corrected chi connectivity index (χ0v) is 12.2. The molecule has 0 aromatic heterocycles. The monoisotopic (exact) mass is 287 g/mol. The minimum absolute atomic E-state index is 0.00335. The summed E-state index contributed by atoms with van der Waals surface area (Å²) in [4.78, 5) is 14.2. The molecule has 1 saturated heterocycles. The number of nitrogens with zero attached hydrogens (tertiary/aromatic N) is 1. The number of hydrogen-bond donors (Lipinski definition) is 2. The van der Waals surface area contributed by atoms with E-state index in [0.717, 1.165) is 5.56 Å². The number of hydrogen-bond acceptors (Lipinski definition) is 3. The molecule has 1 aromatic rings. The van der Waals surface area contributed by atoms with Crippen LogP contribution < -0.4 is 0 Å². The SMILES string of the molecule is CC1CN(C(=O)c2ccc(C#CCCO)cc2)CCC1O. The quantitative estimate of drug-likeness (QED) is 0.805. The second kappa shape index (κ2) is 7.26. The molecule has 1 heterocycles. The lowest BCUT2D eigenvalue weighted by molar-refractivity contribution is 0.0297. The standard InChI is InChI=1S/C17H21NO3/c1-13-12-18(10-9-16(13)20)17(21)15-7-5-14(6-8-15)4-2-3-11-19/h5-8,13,16,19-20H,3,9-12H2,1H3. The smallest absolute Gasteiger partial charge is 0.253 e. The molecule has 0 bridgehead atoms. The molecule has 1 amide bonds. The molecule has 112 valence electrons. The molecule has 1 aromatic carbocycles. The number of piperidine rings is 1. The number of amides is 1. The molecule has 2 atom stereocenters. The van der Waals surface area contributed by atoms with Gasteiger partial charge in [0.1, 0.15) is 0 Å². The van der Waals surface area contributed by atoms with Crippen molar-refractivity contribution in [1.82, 2.24) is 4.90 Å². The third-order valence-electron chi connectivity index (χ3n) is 3.75. The maximum Gasteiger partial charge on any atom is 0.253 e. The Bertz CT molecular complexity index is 541. The molecule has 2 rings (SSSR count). The molecule has 0 saturated carbocycles. The van der Waals surface area contributed by atoms with Crippen molar-refractivity contribution in [2.75, 3.05) is 19.7 Å². The van der Waals surface area contributed by atoms with Crippen LogP contribution in [0.2, 0.25) is 0 Å². The lowest BCUT2D eigenvalue weighted by atomic mass is 9.96. The van der Waals surface area contributed by atoms with E-state index in [2.05, 4.69) is 11.8 Å². The maximum absolute atomic E-state index is 12.4. The Morgan fingerprint density at radius 3 is 2.71 bits per heavy atom. The van der Waals surface area contributed by atoms with Crippen LogP contribution in [0.1, 0.15) is 35.7 Å². The minimum atomic E-state index is -0.307. The third-order valence-corrected chi connectivity index (χ3v) is 3.75. The van der Waals surface area contributed by atoms with Crippen molar-refractivity contribution in [3.05, 3.63) is 35.4 Å². The lowest BCUT2D eigenvalue weighted by Crippen LogP contribution is -2.44. The number of carbonyl (C=O) groups is 1. The fourth-order valence-electron chi connectivity index (χ4n) is 2.42. The Balaban J connectivity index is 2.02. The minimum Gasteiger partial charge on any atom is -0.395 e. The Morgan fingerprint density at radius 1 is 1.38 bits per heavy atom. The van der Waals surface area contributed by atoms with Crippen molar-refractivity contribution in [3.8, 4) is 11.8 Å². The zero-order chi connectivity index (χ0) is 15.2. The first-order valence-corrected chi connectivity index (χ1v) is 7.29. The topological polar surface area (TPSA) is 60.8 Å². The van der Waals surface area contributed by atoms with Crippen LogP contribution in [0.15, 0.2) is 24.3 Å². The molecular formula is C17H21NO3. The van der Waals surface area contributed by atoms with Crippen LogP contribution in [0.4, 0.5) is 0 Å². The number of carbonyl (C=O) groups excluding carboxylic acids is 1. The summed E-state index contributed by atoms with van der Waals surface area (Å²) < 4.78 is 0. The highest BCUT2D eigenvalue weighted by atomic mass is 16.3.